The maximum absolute atomic E-state index is 12.1. The molecule has 2 aromatic rings. The Morgan fingerprint density at radius 2 is 1.74 bits per heavy atom. The molecular formula is C21H28N3O3+. The molecule has 0 aliphatic carbocycles. The quantitative estimate of drug-likeness (QED) is 0.660. The Hall–Kier alpha value is -2.60. The van der Waals surface area contributed by atoms with Gasteiger partial charge in [0.1, 0.15) is 6.54 Å². The second-order valence-corrected chi connectivity index (χ2v) is 7.49. The Kier molecular flexibility index (Phi) is 6.29. The number of quaternary nitrogens is 1. The molecule has 6 heteroatoms. The molecule has 0 saturated carbocycles. The minimum Gasteiger partial charge on any atom is -0.463 e. The van der Waals surface area contributed by atoms with Crippen molar-refractivity contribution in [1.29, 1.82) is 0 Å². The highest BCUT2D eigenvalue weighted by Crippen LogP contribution is 2.15. The number of hydrogen-bond acceptors (Lipinski definition) is 3. The highest BCUT2D eigenvalue weighted by atomic mass is 16.3. The summed E-state index contributed by atoms with van der Waals surface area (Å²) >= 11 is 0. The first-order chi connectivity index (χ1) is 13.0. The zero-order chi connectivity index (χ0) is 19.2. The first-order valence-electron chi connectivity index (χ1n) is 9.55. The fraction of sp³-hybridized carbons (Fsp3) is 0.429. The van der Waals surface area contributed by atoms with Gasteiger partial charge in [0, 0.05) is 18.5 Å². The third-order valence-corrected chi connectivity index (χ3v) is 4.97. The van der Waals surface area contributed by atoms with Crippen LogP contribution in [0.3, 0.4) is 0 Å². The Labute approximate surface area is 159 Å². The van der Waals surface area contributed by atoms with Gasteiger partial charge in [0.25, 0.3) is 0 Å². The largest absolute Gasteiger partial charge is 0.463 e. The molecule has 27 heavy (non-hydrogen) atoms. The molecular weight excluding hydrogens is 342 g/mol. The Bertz CT molecular complexity index is 771. The summed E-state index contributed by atoms with van der Waals surface area (Å²) in [4.78, 5) is 25.4. The van der Waals surface area contributed by atoms with E-state index in [0.29, 0.717) is 19.0 Å². The molecule has 1 aromatic carbocycles. The van der Waals surface area contributed by atoms with Crippen molar-refractivity contribution < 1.29 is 18.9 Å². The van der Waals surface area contributed by atoms with Crippen LogP contribution in [-0.2, 0) is 22.6 Å². The molecule has 3 rings (SSSR count). The van der Waals surface area contributed by atoms with E-state index >= 15 is 0 Å². The molecule has 2 atom stereocenters. The summed E-state index contributed by atoms with van der Waals surface area (Å²) in [6.45, 7) is 6.65. The van der Waals surface area contributed by atoms with Gasteiger partial charge in [-0.3, -0.25) is 9.59 Å². The van der Waals surface area contributed by atoms with Crippen molar-refractivity contribution in [3.8, 4) is 0 Å². The monoisotopic (exact) mass is 370 g/mol. The Morgan fingerprint density at radius 3 is 2.41 bits per heavy atom. The van der Waals surface area contributed by atoms with Gasteiger partial charge in [0.05, 0.1) is 19.4 Å². The Morgan fingerprint density at radius 1 is 1.04 bits per heavy atom. The van der Waals surface area contributed by atoms with Crippen molar-refractivity contribution in [2.75, 3.05) is 19.6 Å². The van der Waals surface area contributed by atoms with Gasteiger partial charge in [-0.25, -0.2) is 0 Å². The lowest BCUT2D eigenvalue weighted by molar-refractivity contribution is -0.946. The van der Waals surface area contributed by atoms with Crippen molar-refractivity contribution in [3.63, 3.8) is 0 Å². The van der Waals surface area contributed by atoms with Gasteiger partial charge in [-0.1, -0.05) is 38.1 Å². The van der Waals surface area contributed by atoms with Crippen LogP contribution in [0.1, 0.15) is 36.8 Å². The summed E-state index contributed by atoms with van der Waals surface area (Å²) < 4.78 is 5.64. The number of rotatable bonds is 6. The highest BCUT2D eigenvalue weighted by molar-refractivity contribution is 6.35. The van der Waals surface area contributed by atoms with Crippen LogP contribution >= 0.6 is 0 Å². The fourth-order valence-corrected chi connectivity index (χ4v) is 3.49. The Balaban J connectivity index is 1.65. The number of fused-ring (bicyclic) bond motifs is 1. The summed E-state index contributed by atoms with van der Waals surface area (Å²) in [5.74, 6) is -0.0485. The smallest absolute Gasteiger partial charge is 0.309 e. The van der Waals surface area contributed by atoms with Crippen LogP contribution in [0, 0.1) is 5.92 Å². The van der Waals surface area contributed by atoms with Crippen LogP contribution in [0.5, 0.6) is 0 Å². The number of hydrogen-bond donors (Lipinski definition) is 3. The molecule has 6 nitrogen and oxygen atoms in total. The average molecular weight is 370 g/mol. The number of carbonyl (C=O) groups is 2. The molecule has 1 aliphatic rings. The zero-order valence-corrected chi connectivity index (χ0v) is 16.0. The first kappa shape index (κ1) is 19.2. The lowest BCUT2D eigenvalue weighted by atomic mass is 9.98. The van der Waals surface area contributed by atoms with Gasteiger partial charge in [-0.2, -0.15) is 0 Å². The normalized spacial score (nSPS) is 17.2. The molecule has 1 unspecified atom stereocenters. The van der Waals surface area contributed by atoms with Crippen LogP contribution < -0.4 is 15.5 Å². The van der Waals surface area contributed by atoms with Gasteiger partial charge in [0.15, 0.2) is 11.8 Å². The first-order valence-corrected chi connectivity index (χ1v) is 9.55. The van der Waals surface area contributed by atoms with Gasteiger partial charge < -0.3 is 20.0 Å². The molecule has 144 valence electrons. The van der Waals surface area contributed by atoms with Gasteiger partial charge >= 0.3 is 11.8 Å². The number of nitrogens with one attached hydrogen (secondary N) is 3. The van der Waals surface area contributed by atoms with E-state index in [1.54, 1.807) is 6.26 Å². The van der Waals surface area contributed by atoms with E-state index < -0.39 is 11.8 Å². The number of benzene rings is 1. The molecule has 0 bridgehead atoms. The SMILES string of the molecule is CC(C)CNC(=O)C(=O)NC[C@H](c1ccco1)[NH+]1CCc2ccccc2C1. The van der Waals surface area contributed by atoms with Crippen LogP contribution in [0.25, 0.3) is 0 Å². The van der Waals surface area contributed by atoms with E-state index in [0.717, 1.165) is 25.3 Å². The van der Waals surface area contributed by atoms with E-state index in [-0.39, 0.29) is 6.04 Å². The van der Waals surface area contributed by atoms with Crippen LogP contribution in [0.15, 0.2) is 47.1 Å². The average Bonchev–Trinajstić information content (AvgIpc) is 3.20. The van der Waals surface area contributed by atoms with E-state index in [4.69, 9.17) is 4.42 Å². The van der Waals surface area contributed by atoms with Crippen molar-refractivity contribution >= 4 is 11.8 Å². The van der Waals surface area contributed by atoms with E-state index in [2.05, 4.69) is 34.9 Å². The van der Waals surface area contributed by atoms with Crippen molar-refractivity contribution in [3.05, 3.63) is 59.5 Å². The highest BCUT2D eigenvalue weighted by Gasteiger charge is 2.31. The second-order valence-electron chi connectivity index (χ2n) is 7.49. The van der Waals surface area contributed by atoms with Crippen molar-refractivity contribution in [1.82, 2.24) is 10.6 Å². The summed E-state index contributed by atoms with van der Waals surface area (Å²) in [5.41, 5.74) is 2.72. The third kappa shape index (κ3) is 4.98. The molecule has 2 heterocycles. The van der Waals surface area contributed by atoms with E-state index in [1.165, 1.54) is 16.0 Å². The van der Waals surface area contributed by atoms with Gasteiger partial charge in [-0.05, 0) is 23.6 Å². The summed E-state index contributed by atoms with van der Waals surface area (Å²) in [6, 6.07) is 12.2. The number of carbonyl (C=O) groups excluding carboxylic acids is 2. The lowest BCUT2D eigenvalue weighted by Crippen LogP contribution is -3.12. The second kappa shape index (κ2) is 8.86. The van der Waals surface area contributed by atoms with Crippen molar-refractivity contribution in [2.24, 2.45) is 5.92 Å². The summed E-state index contributed by atoms with van der Waals surface area (Å²) in [6.07, 6.45) is 2.64. The van der Waals surface area contributed by atoms with E-state index in [1.807, 2.05) is 26.0 Å². The molecule has 1 aliphatic heterocycles. The molecule has 0 fully saturated rings. The molecule has 1 aromatic heterocycles. The van der Waals surface area contributed by atoms with Gasteiger partial charge in [-0.15, -0.1) is 0 Å². The maximum Gasteiger partial charge on any atom is 0.309 e. The van der Waals surface area contributed by atoms with E-state index in [9.17, 15) is 9.59 Å². The lowest BCUT2D eigenvalue weighted by Gasteiger charge is -2.31. The number of amides is 2. The minimum atomic E-state index is -0.594. The molecule has 3 N–H and O–H groups in total. The number of furan rings is 1. The third-order valence-electron chi connectivity index (χ3n) is 4.97. The topological polar surface area (TPSA) is 75.8 Å². The summed E-state index contributed by atoms with van der Waals surface area (Å²) in [5, 5.41) is 5.44. The summed E-state index contributed by atoms with van der Waals surface area (Å²) in [7, 11) is 0. The van der Waals surface area contributed by atoms with Crippen LogP contribution in [0.2, 0.25) is 0 Å². The molecule has 0 radical (unpaired) electrons. The minimum absolute atomic E-state index is 0.0322. The predicted octanol–water partition coefficient (Wildman–Crippen LogP) is 0.850. The molecule has 2 amide bonds. The van der Waals surface area contributed by atoms with Gasteiger partial charge in [0.2, 0.25) is 0 Å². The molecule has 0 spiro atoms. The zero-order valence-electron chi connectivity index (χ0n) is 16.0. The standard InChI is InChI=1S/C21H27N3O3/c1-15(2)12-22-20(25)21(26)23-13-18(19-8-5-11-27-19)24-10-9-16-6-3-4-7-17(16)14-24/h3-8,11,15,18H,9-10,12-14H2,1-2H3,(H,22,25)(H,23,26)/p+1/t18-/m1/s1. The molecule has 0 saturated heterocycles. The fourth-order valence-electron chi connectivity index (χ4n) is 3.49. The van der Waals surface area contributed by atoms with Crippen molar-refractivity contribution in [2.45, 2.75) is 32.9 Å². The maximum atomic E-state index is 12.1. The van der Waals surface area contributed by atoms with Crippen LogP contribution in [0.4, 0.5) is 0 Å². The van der Waals surface area contributed by atoms with Crippen LogP contribution in [-0.4, -0.2) is 31.4 Å². The predicted molar refractivity (Wildman–Crippen MR) is 102 cm³/mol.